The fourth-order valence-electron chi connectivity index (χ4n) is 4.84. The Kier molecular flexibility index (Phi) is 2.73. The predicted molar refractivity (Wildman–Crippen MR) is 78.5 cm³/mol. The minimum absolute atomic E-state index is 0.112. The van der Waals surface area contributed by atoms with Crippen LogP contribution < -0.4 is 0 Å². The first kappa shape index (κ1) is 13.3. The molecule has 21 heavy (non-hydrogen) atoms. The Labute approximate surface area is 125 Å². The minimum atomic E-state index is -1.06. The Bertz CT molecular complexity index is 622. The van der Waals surface area contributed by atoms with E-state index >= 15 is 0 Å². The molecule has 3 aliphatic rings. The van der Waals surface area contributed by atoms with E-state index in [0.717, 1.165) is 24.8 Å². The average molecular weight is 283 g/mol. The Morgan fingerprint density at radius 2 is 2.10 bits per heavy atom. The highest BCUT2D eigenvalue weighted by Crippen LogP contribution is 2.60. The van der Waals surface area contributed by atoms with Gasteiger partial charge in [0.15, 0.2) is 0 Å². The van der Waals surface area contributed by atoms with Crippen molar-refractivity contribution >= 4 is 0 Å². The van der Waals surface area contributed by atoms with Gasteiger partial charge in [-0.15, -0.1) is 0 Å². The quantitative estimate of drug-likeness (QED) is 0.861. The van der Waals surface area contributed by atoms with Crippen molar-refractivity contribution < 1.29 is 9.84 Å². The van der Waals surface area contributed by atoms with Gasteiger partial charge >= 0.3 is 0 Å². The van der Waals surface area contributed by atoms with E-state index < -0.39 is 11.0 Å². The molecular formula is C18H21NO2. The molecule has 2 aliphatic heterocycles. The van der Waals surface area contributed by atoms with Crippen molar-refractivity contribution in [2.24, 2.45) is 5.41 Å². The lowest BCUT2D eigenvalue weighted by molar-refractivity contribution is -0.104. The third-order valence-electron chi connectivity index (χ3n) is 6.02. The lowest BCUT2D eigenvalue weighted by Gasteiger charge is -2.48. The zero-order valence-electron chi connectivity index (χ0n) is 12.4. The lowest BCUT2D eigenvalue weighted by Crippen LogP contribution is -2.52. The SMILES string of the molecule is CC1CCC(O)(C2(C#N)CC3CCC2O3)c2ccccc21. The monoisotopic (exact) mass is 283 g/mol. The van der Waals surface area contributed by atoms with Crippen molar-refractivity contribution in [3.63, 3.8) is 0 Å². The molecule has 110 valence electrons. The molecule has 1 N–H and O–H groups in total. The summed E-state index contributed by atoms with van der Waals surface area (Å²) in [5.41, 5.74) is 0.321. The summed E-state index contributed by atoms with van der Waals surface area (Å²) in [7, 11) is 0. The molecular weight excluding hydrogens is 262 g/mol. The number of fused-ring (bicyclic) bond motifs is 3. The summed E-state index contributed by atoms with van der Waals surface area (Å²) in [6.45, 7) is 2.20. The van der Waals surface area contributed by atoms with Crippen LogP contribution in [0.4, 0.5) is 0 Å². The molecule has 3 heteroatoms. The summed E-state index contributed by atoms with van der Waals surface area (Å²) in [5.74, 6) is 0.441. The normalized spacial score (nSPS) is 44.3. The summed E-state index contributed by atoms with van der Waals surface area (Å²) in [6, 6.07) is 10.6. The smallest absolute Gasteiger partial charge is 0.119 e. The molecule has 0 radical (unpaired) electrons. The third-order valence-corrected chi connectivity index (χ3v) is 6.02. The molecule has 3 nitrogen and oxygen atoms in total. The van der Waals surface area contributed by atoms with Crippen LogP contribution in [0.3, 0.4) is 0 Å². The topological polar surface area (TPSA) is 53.2 Å². The van der Waals surface area contributed by atoms with Crippen molar-refractivity contribution in [2.75, 3.05) is 0 Å². The number of ether oxygens (including phenoxy) is 1. The lowest BCUT2D eigenvalue weighted by atomic mass is 9.56. The van der Waals surface area contributed by atoms with E-state index in [-0.39, 0.29) is 12.2 Å². The summed E-state index contributed by atoms with van der Waals surface area (Å²) >= 11 is 0. The second-order valence-corrected chi connectivity index (χ2v) is 7.00. The van der Waals surface area contributed by atoms with Gasteiger partial charge in [0.25, 0.3) is 0 Å². The van der Waals surface area contributed by atoms with Crippen LogP contribution in [-0.4, -0.2) is 17.3 Å². The first-order valence-corrected chi connectivity index (χ1v) is 7.99. The molecule has 5 unspecified atom stereocenters. The number of aliphatic hydroxyl groups is 1. The second kappa shape index (κ2) is 4.32. The molecule has 2 bridgehead atoms. The van der Waals surface area contributed by atoms with Gasteiger partial charge in [-0.25, -0.2) is 0 Å². The van der Waals surface area contributed by atoms with Gasteiger partial charge in [-0.2, -0.15) is 5.26 Å². The maximum atomic E-state index is 11.6. The van der Waals surface area contributed by atoms with Gasteiger partial charge in [0.1, 0.15) is 11.0 Å². The number of rotatable bonds is 1. The van der Waals surface area contributed by atoms with E-state index in [1.807, 2.05) is 18.2 Å². The van der Waals surface area contributed by atoms with Crippen LogP contribution in [-0.2, 0) is 10.3 Å². The first-order chi connectivity index (χ1) is 10.1. The summed E-state index contributed by atoms with van der Waals surface area (Å²) in [5, 5.41) is 21.6. The maximum Gasteiger partial charge on any atom is 0.119 e. The number of nitrogens with zero attached hydrogens (tertiary/aromatic N) is 1. The molecule has 1 aliphatic carbocycles. The molecule has 2 heterocycles. The van der Waals surface area contributed by atoms with Crippen molar-refractivity contribution in [3.05, 3.63) is 35.4 Å². The van der Waals surface area contributed by atoms with Gasteiger partial charge in [0, 0.05) is 0 Å². The standard InChI is InChI=1S/C18H21NO2/c1-12-8-9-18(20,15-5-3-2-4-14(12)15)17(11-19)10-13-6-7-16(17)21-13/h2-5,12-13,16,20H,6-10H2,1H3. The molecule has 0 aromatic heterocycles. The highest BCUT2D eigenvalue weighted by atomic mass is 16.5. The maximum absolute atomic E-state index is 11.6. The molecule has 1 aromatic rings. The Morgan fingerprint density at radius 3 is 2.76 bits per heavy atom. The van der Waals surface area contributed by atoms with E-state index in [2.05, 4.69) is 19.1 Å². The fraction of sp³-hybridized carbons (Fsp3) is 0.611. The highest BCUT2D eigenvalue weighted by Gasteiger charge is 2.65. The average Bonchev–Trinajstić information content (AvgIpc) is 3.13. The molecule has 0 spiro atoms. The summed E-state index contributed by atoms with van der Waals surface area (Å²) in [4.78, 5) is 0. The molecule has 1 aromatic carbocycles. The third kappa shape index (κ3) is 1.55. The largest absolute Gasteiger partial charge is 0.383 e. The van der Waals surface area contributed by atoms with Gasteiger partial charge < -0.3 is 9.84 Å². The molecule has 2 saturated heterocycles. The van der Waals surface area contributed by atoms with Crippen LogP contribution in [0.2, 0.25) is 0 Å². The molecule has 0 amide bonds. The number of hydrogen-bond acceptors (Lipinski definition) is 3. The molecule has 4 rings (SSSR count). The summed E-state index contributed by atoms with van der Waals surface area (Å²) in [6.07, 6.45) is 4.23. The number of benzene rings is 1. The predicted octanol–water partition coefficient (Wildman–Crippen LogP) is 3.23. The van der Waals surface area contributed by atoms with E-state index in [4.69, 9.17) is 4.74 Å². The number of nitriles is 1. The van der Waals surface area contributed by atoms with Crippen molar-refractivity contribution in [1.29, 1.82) is 5.26 Å². The van der Waals surface area contributed by atoms with Crippen molar-refractivity contribution in [3.8, 4) is 6.07 Å². The molecule has 0 saturated carbocycles. The van der Waals surface area contributed by atoms with E-state index in [9.17, 15) is 10.4 Å². The Morgan fingerprint density at radius 1 is 1.29 bits per heavy atom. The zero-order valence-corrected chi connectivity index (χ0v) is 12.4. The van der Waals surface area contributed by atoms with Crippen LogP contribution in [0.15, 0.2) is 24.3 Å². The van der Waals surface area contributed by atoms with Crippen LogP contribution >= 0.6 is 0 Å². The van der Waals surface area contributed by atoms with Crippen molar-refractivity contribution in [1.82, 2.24) is 0 Å². The van der Waals surface area contributed by atoms with Crippen LogP contribution in [0.25, 0.3) is 0 Å². The minimum Gasteiger partial charge on any atom is -0.383 e. The number of hydrogen-bond donors (Lipinski definition) is 1. The van der Waals surface area contributed by atoms with E-state index in [1.165, 1.54) is 5.56 Å². The van der Waals surface area contributed by atoms with Gasteiger partial charge in [-0.3, -0.25) is 0 Å². The Hall–Kier alpha value is -1.37. The van der Waals surface area contributed by atoms with Crippen LogP contribution in [0, 0.1) is 16.7 Å². The summed E-state index contributed by atoms with van der Waals surface area (Å²) < 4.78 is 5.96. The molecule has 2 fully saturated rings. The van der Waals surface area contributed by atoms with Gasteiger partial charge in [0.2, 0.25) is 0 Å². The zero-order chi connectivity index (χ0) is 14.7. The van der Waals surface area contributed by atoms with Crippen LogP contribution in [0.1, 0.15) is 56.1 Å². The van der Waals surface area contributed by atoms with Gasteiger partial charge in [-0.1, -0.05) is 31.2 Å². The first-order valence-electron chi connectivity index (χ1n) is 7.99. The second-order valence-electron chi connectivity index (χ2n) is 7.00. The van der Waals surface area contributed by atoms with Gasteiger partial charge in [0.05, 0.1) is 18.3 Å². The van der Waals surface area contributed by atoms with E-state index in [1.54, 1.807) is 0 Å². The fourth-order valence-corrected chi connectivity index (χ4v) is 4.84. The highest BCUT2D eigenvalue weighted by molar-refractivity contribution is 5.42. The Balaban J connectivity index is 1.88. The molecule has 5 atom stereocenters. The van der Waals surface area contributed by atoms with Gasteiger partial charge in [-0.05, 0) is 49.1 Å². The van der Waals surface area contributed by atoms with Crippen LogP contribution in [0.5, 0.6) is 0 Å². The van der Waals surface area contributed by atoms with E-state index in [0.29, 0.717) is 18.8 Å². The van der Waals surface area contributed by atoms with Crippen molar-refractivity contribution in [2.45, 2.75) is 62.8 Å².